The lowest BCUT2D eigenvalue weighted by molar-refractivity contribution is -0.137. The largest absolute Gasteiger partial charge is 0.416 e. The number of hydrogen-bond acceptors (Lipinski definition) is 3. The van der Waals surface area contributed by atoms with Crippen LogP contribution in [0, 0.1) is 5.92 Å². The third-order valence-electron chi connectivity index (χ3n) is 7.01. The molecule has 2 atom stereocenters. The summed E-state index contributed by atoms with van der Waals surface area (Å²) in [6.45, 7) is 3.38. The van der Waals surface area contributed by atoms with Gasteiger partial charge in [0.15, 0.2) is 0 Å². The summed E-state index contributed by atoms with van der Waals surface area (Å²) in [4.78, 5) is 18.1. The summed E-state index contributed by atoms with van der Waals surface area (Å²) in [6.07, 6.45) is -3.79. The van der Waals surface area contributed by atoms with Crippen LogP contribution in [0.3, 0.4) is 0 Å². The molecule has 0 saturated carbocycles. The van der Waals surface area contributed by atoms with Gasteiger partial charge >= 0.3 is 6.18 Å². The van der Waals surface area contributed by atoms with E-state index >= 15 is 0 Å². The van der Waals surface area contributed by atoms with E-state index in [1.807, 2.05) is 30.3 Å². The number of carbonyl (C=O) groups is 1. The Hall–Kier alpha value is -3.32. The molecule has 182 valence electrons. The SMILES string of the molecule is O=C(NCc1cccc(C(F)(F)F)c1)[C@H]1Cc2ccccc2N2CCN(Cc3ccccc3)C[C@@H]12. The molecule has 0 spiro atoms. The fourth-order valence-corrected chi connectivity index (χ4v) is 5.28. The van der Waals surface area contributed by atoms with Gasteiger partial charge in [0.2, 0.25) is 5.91 Å². The number of amides is 1. The first kappa shape index (κ1) is 23.4. The smallest absolute Gasteiger partial charge is 0.365 e. The van der Waals surface area contributed by atoms with Gasteiger partial charge in [-0.15, -0.1) is 0 Å². The minimum Gasteiger partial charge on any atom is -0.365 e. The molecule has 1 saturated heterocycles. The molecule has 2 aliphatic rings. The minimum atomic E-state index is -4.40. The van der Waals surface area contributed by atoms with Crippen LogP contribution in [0.1, 0.15) is 22.3 Å². The van der Waals surface area contributed by atoms with E-state index in [1.54, 1.807) is 6.07 Å². The fourth-order valence-electron chi connectivity index (χ4n) is 5.28. The van der Waals surface area contributed by atoms with Gasteiger partial charge in [-0.3, -0.25) is 9.69 Å². The number of benzene rings is 3. The van der Waals surface area contributed by atoms with Crippen LogP contribution < -0.4 is 10.2 Å². The Morgan fingerprint density at radius 3 is 2.46 bits per heavy atom. The topological polar surface area (TPSA) is 35.6 Å². The summed E-state index contributed by atoms with van der Waals surface area (Å²) in [6, 6.07) is 23.6. The van der Waals surface area contributed by atoms with Crippen molar-refractivity contribution in [1.29, 1.82) is 0 Å². The molecule has 4 nitrogen and oxygen atoms in total. The highest BCUT2D eigenvalue weighted by Crippen LogP contribution is 2.36. The summed E-state index contributed by atoms with van der Waals surface area (Å²) < 4.78 is 39.2. The highest BCUT2D eigenvalue weighted by atomic mass is 19.4. The molecule has 3 aromatic carbocycles. The zero-order chi connectivity index (χ0) is 24.4. The number of para-hydroxylation sites is 1. The molecule has 1 N–H and O–H groups in total. The van der Waals surface area contributed by atoms with E-state index < -0.39 is 11.7 Å². The summed E-state index contributed by atoms with van der Waals surface area (Å²) in [5.74, 6) is -0.400. The van der Waals surface area contributed by atoms with E-state index in [1.165, 1.54) is 17.3 Å². The van der Waals surface area contributed by atoms with E-state index in [0.29, 0.717) is 12.0 Å². The highest BCUT2D eigenvalue weighted by molar-refractivity contribution is 5.82. The fraction of sp³-hybridized carbons (Fsp3) is 0.321. The molecule has 0 unspecified atom stereocenters. The number of halogens is 3. The molecule has 7 heteroatoms. The van der Waals surface area contributed by atoms with Gasteiger partial charge in [-0.25, -0.2) is 0 Å². The van der Waals surface area contributed by atoms with Gasteiger partial charge in [0.1, 0.15) is 0 Å². The lowest BCUT2D eigenvalue weighted by Gasteiger charge is -2.49. The molecular formula is C28H28F3N3O. The molecule has 2 aliphatic heterocycles. The predicted molar refractivity (Wildman–Crippen MR) is 130 cm³/mol. The second kappa shape index (κ2) is 9.74. The van der Waals surface area contributed by atoms with Crippen molar-refractivity contribution in [2.24, 2.45) is 5.92 Å². The van der Waals surface area contributed by atoms with Crippen molar-refractivity contribution in [3.63, 3.8) is 0 Å². The third kappa shape index (κ3) is 5.20. The average molecular weight is 480 g/mol. The van der Waals surface area contributed by atoms with Crippen LogP contribution >= 0.6 is 0 Å². The lowest BCUT2D eigenvalue weighted by atomic mass is 9.83. The van der Waals surface area contributed by atoms with Crippen LogP contribution in [0.15, 0.2) is 78.9 Å². The van der Waals surface area contributed by atoms with Crippen molar-refractivity contribution in [2.75, 3.05) is 24.5 Å². The Labute approximate surface area is 203 Å². The quantitative estimate of drug-likeness (QED) is 0.566. The van der Waals surface area contributed by atoms with Crippen molar-refractivity contribution in [2.45, 2.75) is 31.7 Å². The number of nitrogens with one attached hydrogen (secondary N) is 1. The van der Waals surface area contributed by atoms with E-state index in [4.69, 9.17) is 0 Å². The summed E-state index contributed by atoms with van der Waals surface area (Å²) >= 11 is 0. The maximum Gasteiger partial charge on any atom is 0.416 e. The van der Waals surface area contributed by atoms with Crippen LogP contribution in [0.25, 0.3) is 0 Å². The van der Waals surface area contributed by atoms with Gasteiger partial charge in [0.05, 0.1) is 17.5 Å². The van der Waals surface area contributed by atoms with Crippen LogP contribution in [0.2, 0.25) is 0 Å². The first-order valence-electron chi connectivity index (χ1n) is 11.9. The number of alkyl halides is 3. The zero-order valence-electron chi connectivity index (χ0n) is 19.3. The molecule has 3 aromatic rings. The van der Waals surface area contributed by atoms with Crippen LogP contribution in [-0.2, 0) is 30.5 Å². The van der Waals surface area contributed by atoms with E-state index in [0.717, 1.165) is 43.9 Å². The Morgan fingerprint density at radius 1 is 0.914 bits per heavy atom. The maximum absolute atomic E-state index is 13.4. The number of rotatable bonds is 5. The lowest BCUT2D eigenvalue weighted by Crippen LogP contribution is -2.60. The first-order valence-corrected chi connectivity index (χ1v) is 11.9. The second-order valence-electron chi connectivity index (χ2n) is 9.34. The third-order valence-corrected chi connectivity index (χ3v) is 7.01. The summed E-state index contributed by atoms with van der Waals surface area (Å²) in [5.41, 5.74) is 3.29. The average Bonchev–Trinajstić information content (AvgIpc) is 2.87. The summed E-state index contributed by atoms with van der Waals surface area (Å²) in [5, 5.41) is 2.92. The number of fused-ring (bicyclic) bond motifs is 3. The molecule has 0 bridgehead atoms. The molecule has 0 aromatic heterocycles. The molecule has 1 amide bonds. The van der Waals surface area contributed by atoms with Gasteiger partial charge in [-0.05, 0) is 41.3 Å². The molecular weight excluding hydrogens is 451 g/mol. The van der Waals surface area contributed by atoms with Crippen LogP contribution in [-0.4, -0.2) is 36.5 Å². The molecule has 0 radical (unpaired) electrons. The monoisotopic (exact) mass is 479 g/mol. The second-order valence-corrected chi connectivity index (χ2v) is 9.34. The highest BCUT2D eigenvalue weighted by Gasteiger charge is 2.41. The normalized spacial score (nSPS) is 20.1. The van der Waals surface area contributed by atoms with E-state index in [9.17, 15) is 18.0 Å². The first-order chi connectivity index (χ1) is 16.9. The molecule has 2 heterocycles. The molecule has 0 aliphatic carbocycles. The molecule has 1 fully saturated rings. The number of piperazine rings is 1. The standard InChI is InChI=1S/C28H28F3N3O/c29-28(30,31)23-11-6-9-21(15-23)17-32-27(35)24-16-22-10-4-5-12-25(22)34-14-13-33(19-26(24)34)18-20-7-2-1-3-8-20/h1-12,15,24,26H,13-14,16-19H2,(H,32,35)/t24-,26-/m0/s1. The maximum atomic E-state index is 13.4. The van der Waals surface area contributed by atoms with Crippen molar-refractivity contribution in [3.05, 3.63) is 101 Å². The van der Waals surface area contributed by atoms with Gasteiger partial charge in [0.25, 0.3) is 0 Å². The van der Waals surface area contributed by atoms with Crippen molar-refractivity contribution >= 4 is 11.6 Å². The van der Waals surface area contributed by atoms with Crippen molar-refractivity contribution < 1.29 is 18.0 Å². The number of carbonyl (C=O) groups excluding carboxylic acids is 1. The number of hydrogen-bond donors (Lipinski definition) is 1. The number of anilines is 1. The Morgan fingerprint density at radius 2 is 1.66 bits per heavy atom. The molecule has 5 rings (SSSR count). The van der Waals surface area contributed by atoms with Gasteiger partial charge < -0.3 is 10.2 Å². The predicted octanol–water partition coefficient (Wildman–Crippen LogP) is 4.88. The van der Waals surface area contributed by atoms with Crippen LogP contribution in [0.5, 0.6) is 0 Å². The van der Waals surface area contributed by atoms with Crippen LogP contribution in [0.4, 0.5) is 18.9 Å². The van der Waals surface area contributed by atoms with Crippen molar-refractivity contribution in [3.8, 4) is 0 Å². The van der Waals surface area contributed by atoms with Gasteiger partial charge in [0, 0.05) is 38.4 Å². The molecule has 35 heavy (non-hydrogen) atoms. The van der Waals surface area contributed by atoms with E-state index in [-0.39, 0.29) is 24.4 Å². The van der Waals surface area contributed by atoms with E-state index in [2.05, 4.69) is 39.4 Å². The Balaban J connectivity index is 1.33. The van der Waals surface area contributed by atoms with Crippen molar-refractivity contribution in [1.82, 2.24) is 10.2 Å². The zero-order valence-corrected chi connectivity index (χ0v) is 19.3. The minimum absolute atomic E-state index is 0.00358. The Bertz CT molecular complexity index is 1180. The number of nitrogens with zero attached hydrogens (tertiary/aromatic N) is 2. The van der Waals surface area contributed by atoms with Gasteiger partial charge in [-0.2, -0.15) is 13.2 Å². The van der Waals surface area contributed by atoms with Gasteiger partial charge in [-0.1, -0.05) is 60.7 Å². The summed E-state index contributed by atoms with van der Waals surface area (Å²) in [7, 11) is 0. The Kier molecular flexibility index (Phi) is 6.52.